The molecule has 0 bridgehead atoms. The molecule has 0 amide bonds. The minimum Gasteiger partial charge on any atom is -0.198 e. The van der Waals surface area contributed by atoms with Gasteiger partial charge in [-0.1, -0.05) is 13.8 Å². The number of hydrogen-bond acceptors (Lipinski definition) is 1. The Labute approximate surface area is 65.2 Å². The monoisotopic (exact) mass is 157 g/mol. The molecular weight excluding hydrogens is 141 g/mol. The molecule has 0 rings (SSSR count). The molecule has 2 heteroatoms. The number of hydrogen-bond donors (Lipinski definition) is 0. The van der Waals surface area contributed by atoms with Crippen LogP contribution >= 0.6 is 7.92 Å². The molecule has 0 aliphatic heterocycles. The highest BCUT2D eigenvalue weighted by Gasteiger charge is 2.06. The first kappa shape index (κ1) is 9.92. The molecule has 0 saturated heterocycles. The molecule has 0 N–H and O–H groups in total. The van der Waals surface area contributed by atoms with Crippen molar-refractivity contribution in [2.75, 3.05) is 18.5 Å². The average Bonchev–Trinajstić information content (AvgIpc) is 1.99. The smallest absolute Gasteiger partial charge is 0.0656 e. The molecule has 0 aliphatic carbocycles. The van der Waals surface area contributed by atoms with Gasteiger partial charge in [-0.25, -0.2) is 0 Å². The van der Waals surface area contributed by atoms with Crippen LogP contribution in [0.5, 0.6) is 0 Å². The number of nitrogens with zero attached hydrogens (tertiary/aromatic N) is 1. The summed E-state index contributed by atoms with van der Waals surface area (Å²) in [5, 5.41) is 8.54. The summed E-state index contributed by atoms with van der Waals surface area (Å²) in [5.41, 5.74) is 0. The number of rotatable bonds is 4. The van der Waals surface area contributed by atoms with Gasteiger partial charge in [0.05, 0.1) is 6.07 Å². The summed E-state index contributed by atoms with van der Waals surface area (Å²) in [4.78, 5) is 0. The maximum Gasteiger partial charge on any atom is 0.0656 e. The van der Waals surface area contributed by atoms with Gasteiger partial charge in [0.15, 0.2) is 0 Å². The van der Waals surface area contributed by atoms with Crippen LogP contribution in [0.15, 0.2) is 0 Å². The second kappa shape index (κ2) is 5.69. The molecule has 58 valence electrons. The molecule has 0 radical (unpaired) electrons. The van der Waals surface area contributed by atoms with E-state index in [9.17, 15) is 0 Å². The lowest BCUT2D eigenvalue weighted by atomic mass is 10.3. The van der Waals surface area contributed by atoms with E-state index in [4.69, 9.17) is 5.26 Å². The molecule has 10 heavy (non-hydrogen) atoms. The maximum absolute atomic E-state index is 8.54. The molecule has 0 saturated carbocycles. The van der Waals surface area contributed by atoms with Crippen LogP contribution < -0.4 is 0 Å². The topological polar surface area (TPSA) is 23.8 Å². The lowest BCUT2D eigenvalue weighted by Gasteiger charge is -2.13. The van der Waals surface area contributed by atoms with Gasteiger partial charge in [0.1, 0.15) is 0 Å². The number of nitriles is 1. The van der Waals surface area contributed by atoms with E-state index in [0.717, 1.165) is 6.16 Å². The van der Waals surface area contributed by atoms with Gasteiger partial charge in [-0.2, -0.15) is 5.26 Å². The van der Waals surface area contributed by atoms with Crippen molar-refractivity contribution in [2.24, 2.45) is 5.92 Å². The minimum atomic E-state index is 0.176. The summed E-state index contributed by atoms with van der Waals surface area (Å²) >= 11 is 0. The highest BCUT2D eigenvalue weighted by molar-refractivity contribution is 7.57. The van der Waals surface area contributed by atoms with Gasteiger partial charge in [-0.05, 0) is 25.4 Å². The summed E-state index contributed by atoms with van der Waals surface area (Å²) in [7, 11) is 0.176. The molecule has 0 aromatic rings. The van der Waals surface area contributed by atoms with E-state index >= 15 is 0 Å². The van der Waals surface area contributed by atoms with Crippen molar-refractivity contribution in [1.82, 2.24) is 0 Å². The van der Waals surface area contributed by atoms with Crippen molar-refractivity contribution in [1.29, 1.82) is 5.26 Å². The zero-order valence-electron chi connectivity index (χ0n) is 7.09. The molecular formula is C8H16NP. The van der Waals surface area contributed by atoms with E-state index in [1.165, 1.54) is 12.3 Å². The fourth-order valence-corrected chi connectivity index (χ4v) is 2.73. The molecule has 0 spiro atoms. The Morgan fingerprint density at radius 2 is 1.90 bits per heavy atom. The molecule has 0 heterocycles. The first-order chi connectivity index (χ1) is 4.74. The van der Waals surface area contributed by atoms with Crippen LogP contribution in [-0.2, 0) is 0 Å². The van der Waals surface area contributed by atoms with Gasteiger partial charge < -0.3 is 0 Å². The minimum absolute atomic E-state index is 0.176. The van der Waals surface area contributed by atoms with Crippen LogP contribution in [0.1, 0.15) is 20.8 Å². The predicted molar refractivity (Wildman–Crippen MR) is 47.6 cm³/mol. The summed E-state index contributed by atoms with van der Waals surface area (Å²) < 4.78 is 0. The lowest BCUT2D eigenvalue weighted by molar-refractivity contribution is 0.855. The van der Waals surface area contributed by atoms with E-state index in [-0.39, 0.29) is 13.8 Å². The van der Waals surface area contributed by atoms with E-state index in [2.05, 4.69) is 19.9 Å². The molecule has 0 aromatic heterocycles. The van der Waals surface area contributed by atoms with E-state index in [1.54, 1.807) is 0 Å². The summed E-state index contributed by atoms with van der Waals surface area (Å²) in [6, 6.07) is 2.28. The summed E-state index contributed by atoms with van der Waals surface area (Å²) in [5.74, 6) is 0.269. The standard InChI is InChI=1S/C8H16NP/c1-4-10(5-2)7-8(3)6-9/h8H,4-5,7H2,1-3H3. The van der Waals surface area contributed by atoms with Gasteiger partial charge in [0, 0.05) is 5.92 Å². The Hall–Kier alpha value is -0.0800. The van der Waals surface area contributed by atoms with Gasteiger partial charge in [0.2, 0.25) is 0 Å². The summed E-state index contributed by atoms with van der Waals surface area (Å²) in [6.07, 6.45) is 3.69. The Morgan fingerprint density at radius 1 is 1.40 bits per heavy atom. The van der Waals surface area contributed by atoms with E-state index < -0.39 is 0 Å². The quantitative estimate of drug-likeness (QED) is 0.575. The first-order valence-electron chi connectivity index (χ1n) is 3.86. The van der Waals surface area contributed by atoms with Gasteiger partial charge in [0.25, 0.3) is 0 Å². The third-order valence-corrected chi connectivity index (χ3v) is 4.50. The van der Waals surface area contributed by atoms with E-state index in [0.29, 0.717) is 0 Å². The second-order valence-electron chi connectivity index (χ2n) is 2.52. The van der Waals surface area contributed by atoms with Crippen molar-refractivity contribution in [3.63, 3.8) is 0 Å². The molecule has 1 unspecified atom stereocenters. The van der Waals surface area contributed by atoms with Crippen LogP contribution in [0, 0.1) is 17.2 Å². The molecule has 0 fully saturated rings. The molecule has 0 aliphatic rings. The Bertz CT molecular complexity index is 113. The largest absolute Gasteiger partial charge is 0.198 e. The third kappa shape index (κ3) is 3.85. The van der Waals surface area contributed by atoms with Gasteiger partial charge >= 0.3 is 0 Å². The highest BCUT2D eigenvalue weighted by Crippen LogP contribution is 2.35. The lowest BCUT2D eigenvalue weighted by Crippen LogP contribution is -1.99. The Morgan fingerprint density at radius 3 is 2.20 bits per heavy atom. The van der Waals surface area contributed by atoms with Gasteiger partial charge in [-0.15, -0.1) is 7.92 Å². The molecule has 1 atom stereocenters. The van der Waals surface area contributed by atoms with Crippen LogP contribution in [0.4, 0.5) is 0 Å². The molecule has 1 nitrogen and oxygen atoms in total. The van der Waals surface area contributed by atoms with Crippen molar-refractivity contribution >= 4 is 7.92 Å². The van der Waals surface area contributed by atoms with Crippen molar-refractivity contribution in [3.8, 4) is 6.07 Å². The SMILES string of the molecule is CCP(CC)CC(C)C#N. The zero-order chi connectivity index (χ0) is 7.98. The Balaban J connectivity index is 3.54. The molecule has 0 aromatic carbocycles. The fourth-order valence-electron chi connectivity index (χ4n) is 0.910. The second-order valence-corrected chi connectivity index (χ2v) is 5.49. The predicted octanol–water partition coefficient (Wildman–Crippen LogP) is 2.67. The maximum atomic E-state index is 8.54. The van der Waals surface area contributed by atoms with Crippen molar-refractivity contribution in [2.45, 2.75) is 20.8 Å². The van der Waals surface area contributed by atoms with Crippen molar-refractivity contribution in [3.05, 3.63) is 0 Å². The fraction of sp³-hybridized carbons (Fsp3) is 0.875. The average molecular weight is 157 g/mol. The van der Waals surface area contributed by atoms with E-state index in [1.807, 2.05) is 6.92 Å². The Kier molecular flexibility index (Phi) is 5.64. The normalized spacial score (nSPS) is 13.1. The van der Waals surface area contributed by atoms with Crippen molar-refractivity contribution < 1.29 is 0 Å². The first-order valence-corrected chi connectivity index (χ1v) is 5.76. The van der Waals surface area contributed by atoms with Crippen LogP contribution in [0.25, 0.3) is 0 Å². The van der Waals surface area contributed by atoms with Crippen LogP contribution in [0.3, 0.4) is 0 Å². The third-order valence-electron chi connectivity index (χ3n) is 1.65. The van der Waals surface area contributed by atoms with Crippen LogP contribution in [0.2, 0.25) is 0 Å². The van der Waals surface area contributed by atoms with Crippen LogP contribution in [-0.4, -0.2) is 18.5 Å². The zero-order valence-corrected chi connectivity index (χ0v) is 7.99. The van der Waals surface area contributed by atoms with Gasteiger partial charge in [-0.3, -0.25) is 0 Å². The highest BCUT2D eigenvalue weighted by atomic mass is 31.1. The summed E-state index contributed by atoms with van der Waals surface area (Å²) in [6.45, 7) is 6.46.